The van der Waals surface area contributed by atoms with Gasteiger partial charge in [0.15, 0.2) is 0 Å². The van der Waals surface area contributed by atoms with Crippen molar-refractivity contribution in [2.24, 2.45) is 5.73 Å². The summed E-state index contributed by atoms with van der Waals surface area (Å²) in [6, 6.07) is 0. The van der Waals surface area contributed by atoms with Crippen LogP contribution < -0.4 is 5.73 Å². The molecular formula is C13H24N2OS. The summed E-state index contributed by atoms with van der Waals surface area (Å²) >= 11 is 1.95. The first-order valence-electron chi connectivity index (χ1n) is 6.65. The fraction of sp³-hybridized carbons (Fsp3) is 0.923. The predicted molar refractivity (Wildman–Crippen MR) is 73.1 cm³/mol. The molecular weight excluding hydrogens is 232 g/mol. The average Bonchev–Trinajstić information content (AvgIpc) is 2.27. The van der Waals surface area contributed by atoms with E-state index in [9.17, 15) is 4.79 Å². The van der Waals surface area contributed by atoms with E-state index in [1.54, 1.807) is 0 Å². The summed E-state index contributed by atoms with van der Waals surface area (Å²) in [5.74, 6) is 1.24. The van der Waals surface area contributed by atoms with Crippen LogP contribution in [0.3, 0.4) is 0 Å². The lowest BCUT2D eigenvalue weighted by Crippen LogP contribution is -2.59. The first-order chi connectivity index (χ1) is 7.93. The lowest BCUT2D eigenvalue weighted by atomic mass is 9.81. The third kappa shape index (κ3) is 2.97. The Kier molecular flexibility index (Phi) is 3.74. The molecule has 2 aliphatic rings. The van der Waals surface area contributed by atoms with Crippen molar-refractivity contribution in [3.8, 4) is 0 Å². The molecule has 1 saturated carbocycles. The number of hydrogen-bond donors (Lipinski definition) is 1. The van der Waals surface area contributed by atoms with Gasteiger partial charge in [-0.3, -0.25) is 4.79 Å². The van der Waals surface area contributed by atoms with E-state index in [1.807, 2.05) is 16.7 Å². The van der Waals surface area contributed by atoms with Crippen molar-refractivity contribution in [1.29, 1.82) is 0 Å². The fourth-order valence-electron chi connectivity index (χ4n) is 2.90. The van der Waals surface area contributed by atoms with E-state index in [0.717, 1.165) is 44.5 Å². The third-order valence-corrected chi connectivity index (χ3v) is 5.18. The average molecular weight is 256 g/mol. The molecule has 1 aliphatic carbocycles. The Hall–Kier alpha value is -0.220. The fourth-order valence-corrected chi connectivity index (χ4v) is 4.01. The van der Waals surface area contributed by atoms with Crippen LogP contribution in [0, 0.1) is 0 Å². The predicted octanol–water partition coefficient (Wildman–Crippen LogP) is 2.00. The van der Waals surface area contributed by atoms with Crippen molar-refractivity contribution in [3.05, 3.63) is 0 Å². The maximum absolute atomic E-state index is 12.6. The second kappa shape index (κ2) is 4.81. The molecule has 0 radical (unpaired) electrons. The minimum atomic E-state index is -0.559. The maximum atomic E-state index is 12.6. The molecule has 3 nitrogen and oxygen atoms in total. The van der Waals surface area contributed by atoms with Gasteiger partial charge >= 0.3 is 0 Å². The first-order valence-corrected chi connectivity index (χ1v) is 7.64. The third-order valence-electron chi connectivity index (χ3n) is 3.88. The minimum Gasteiger partial charge on any atom is -0.339 e. The normalized spacial score (nSPS) is 27.8. The Morgan fingerprint density at radius 1 is 1.24 bits per heavy atom. The molecule has 0 unspecified atom stereocenters. The molecule has 0 bridgehead atoms. The number of nitrogens with zero attached hydrogens (tertiary/aromatic N) is 1. The van der Waals surface area contributed by atoms with E-state index < -0.39 is 5.54 Å². The van der Waals surface area contributed by atoms with Gasteiger partial charge in [-0.2, -0.15) is 11.8 Å². The van der Waals surface area contributed by atoms with Gasteiger partial charge in [0.05, 0.1) is 5.54 Å². The van der Waals surface area contributed by atoms with E-state index in [-0.39, 0.29) is 10.7 Å². The topological polar surface area (TPSA) is 46.3 Å². The van der Waals surface area contributed by atoms with Crippen LogP contribution in [0.1, 0.15) is 46.0 Å². The van der Waals surface area contributed by atoms with Gasteiger partial charge in [-0.1, -0.05) is 19.3 Å². The summed E-state index contributed by atoms with van der Waals surface area (Å²) in [5, 5.41) is 0. The van der Waals surface area contributed by atoms with Crippen LogP contribution in [0.5, 0.6) is 0 Å². The van der Waals surface area contributed by atoms with Gasteiger partial charge in [-0.05, 0) is 26.7 Å². The number of carbonyl (C=O) groups is 1. The van der Waals surface area contributed by atoms with Gasteiger partial charge in [0.1, 0.15) is 0 Å². The number of nitrogens with two attached hydrogens (primary N) is 1. The molecule has 0 atom stereocenters. The van der Waals surface area contributed by atoms with E-state index >= 15 is 0 Å². The van der Waals surface area contributed by atoms with Crippen LogP contribution in [0.15, 0.2) is 0 Å². The van der Waals surface area contributed by atoms with Crippen molar-refractivity contribution in [2.45, 2.75) is 56.2 Å². The van der Waals surface area contributed by atoms with Crippen LogP contribution in [0.4, 0.5) is 0 Å². The van der Waals surface area contributed by atoms with Gasteiger partial charge in [0, 0.05) is 23.6 Å². The Bertz CT molecular complexity index is 298. The summed E-state index contributed by atoms with van der Waals surface area (Å²) in [5.41, 5.74) is 5.76. The molecule has 0 aromatic carbocycles. The Morgan fingerprint density at radius 2 is 1.88 bits per heavy atom. The van der Waals surface area contributed by atoms with Crippen molar-refractivity contribution < 1.29 is 4.79 Å². The van der Waals surface area contributed by atoms with Crippen molar-refractivity contribution in [3.63, 3.8) is 0 Å². The summed E-state index contributed by atoms with van der Waals surface area (Å²) < 4.78 is 0.180. The van der Waals surface area contributed by atoms with Crippen LogP contribution in [-0.2, 0) is 4.79 Å². The number of carbonyl (C=O) groups excluding carboxylic acids is 1. The lowest BCUT2D eigenvalue weighted by molar-refractivity contribution is -0.138. The summed E-state index contributed by atoms with van der Waals surface area (Å²) in [6.07, 6.45) is 5.18. The second-order valence-corrected chi connectivity index (χ2v) is 7.85. The van der Waals surface area contributed by atoms with E-state index in [1.165, 1.54) is 6.42 Å². The molecule has 98 valence electrons. The molecule has 1 amide bonds. The Balaban J connectivity index is 2.03. The van der Waals surface area contributed by atoms with Crippen LogP contribution >= 0.6 is 11.8 Å². The minimum absolute atomic E-state index is 0.180. The summed E-state index contributed by atoms with van der Waals surface area (Å²) in [4.78, 5) is 14.6. The zero-order valence-electron chi connectivity index (χ0n) is 11.0. The highest BCUT2D eigenvalue weighted by atomic mass is 32.2. The highest BCUT2D eigenvalue weighted by Gasteiger charge is 2.41. The van der Waals surface area contributed by atoms with Gasteiger partial charge in [0.2, 0.25) is 5.91 Å². The molecule has 2 rings (SSSR count). The van der Waals surface area contributed by atoms with Crippen molar-refractivity contribution in [1.82, 2.24) is 4.90 Å². The zero-order valence-corrected chi connectivity index (χ0v) is 11.8. The number of hydrogen-bond acceptors (Lipinski definition) is 3. The molecule has 1 saturated heterocycles. The highest BCUT2D eigenvalue weighted by Crippen LogP contribution is 2.33. The van der Waals surface area contributed by atoms with E-state index in [4.69, 9.17) is 5.73 Å². The summed E-state index contributed by atoms with van der Waals surface area (Å²) in [6.45, 7) is 6.13. The number of rotatable bonds is 1. The quantitative estimate of drug-likeness (QED) is 0.780. The van der Waals surface area contributed by atoms with E-state index in [0.29, 0.717) is 0 Å². The van der Waals surface area contributed by atoms with Gasteiger partial charge in [-0.15, -0.1) is 0 Å². The molecule has 2 N–H and O–H groups in total. The maximum Gasteiger partial charge on any atom is 0.242 e. The smallest absolute Gasteiger partial charge is 0.242 e. The summed E-state index contributed by atoms with van der Waals surface area (Å²) in [7, 11) is 0. The molecule has 0 aromatic rings. The first kappa shape index (κ1) is 13.2. The van der Waals surface area contributed by atoms with Gasteiger partial charge in [0.25, 0.3) is 0 Å². The number of thioether (sulfide) groups is 1. The van der Waals surface area contributed by atoms with Gasteiger partial charge < -0.3 is 10.6 Å². The molecule has 2 fully saturated rings. The lowest BCUT2D eigenvalue weighted by Gasteiger charge is -2.42. The molecule has 17 heavy (non-hydrogen) atoms. The van der Waals surface area contributed by atoms with Crippen molar-refractivity contribution in [2.75, 3.05) is 18.8 Å². The zero-order chi connectivity index (χ0) is 12.5. The Morgan fingerprint density at radius 3 is 2.47 bits per heavy atom. The molecule has 1 heterocycles. The van der Waals surface area contributed by atoms with Crippen molar-refractivity contribution >= 4 is 17.7 Å². The molecule has 4 heteroatoms. The number of amides is 1. The molecule has 0 aromatic heterocycles. The standard InChI is InChI=1S/C13H24N2OS/c1-12(2)10-15(8-9-17-12)11(16)13(14)6-4-3-5-7-13/h3-10,14H2,1-2H3. The van der Waals surface area contributed by atoms with Crippen LogP contribution in [0.25, 0.3) is 0 Å². The SMILES string of the molecule is CC1(C)CN(C(=O)C2(N)CCCCC2)CCS1. The van der Waals surface area contributed by atoms with Gasteiger partial charge in [-0.25, -0.2) is 0 Å². The monoisotopic (exact) mass is 256 g/mol. The molecule has 1 aliphatic heterocycles. The van der Waals surface area contributed by atoms with Crippen LogP contribution in [-0.4, -0.2) is 39.9 Å². The highest BCUT2D eigenvalue weighted by molar-refractivity contribution is 8.00. The van der Waals surface area contributed by atoms with Crippen LogP contribution in [0.2, 0.25) is 0 Å². The molecule has 0 spiro atoms. The Labute approximate surface area is 108 Å². The van der Waals surface area contributed by atoms with E-state index in [2.05, 4.69) is 13.8 Å². The largest absolute Gasteiger partial charge is 0.339 e. The second-order valence-electron chi connectivity index (χ2n) is 6.05.